The minimum Gasteiger partial charge on any atom is -0.338 e. The summed E-state index contributed by atoms with van der Waals surface area (Å²) in [4.78, 5) is 16.6. The lowest BCUT2D eigenvalue weighted by Crippen LogP contribution is -2.23. The molecule has 17 heavy (non-hydrogen) atoms. The van der Waals surface area contributed by atoms with E-state index in [-0.39, 0.29) is 12.5 Å². The molecule has 1 N–H and O–H groups in total. The first kappa shape index (κ1) is 11.4. The molecule has 0 radical (unpaired) electrons. The number of rotatable bonds is 3. The summed E-state index contributed by atoms with van der Waals surface area (Å²) >= 11 is 1.31. The molecule has 2 aromatic rings. The van der Waals surface area contributed by atoms with Crippen LogP contribution < -0.4 is 5.32 Å². The van der Waals surface area contributed by atoms with E-state index in [1.807, 2.05) is 35.2 Å². The molecule has 2 heterocycles. The fourth-order valence-corrected chi connectivity index (χ4v) is 2.32. The van der Waals surface area contributed by atoms with Crippen LogP contribution in [0.5, 0.6) is 0 Å². The highest BCUT2D eigenvalue weighted by molar-refractivity contribution is 7.16. The normalized spacial score (nSPS) is 9.88. The average molecular weight is 246 g/mol. The number of carbonyl (C=O) groups excluding carboxylic acids is 1. The maximum atomic E-state index is 11.7. The highest BCUT2D eigenvalue weighted by Gasteiger charge is 2.15. The number of hydrogen-bond acceptors (Lipinski definition) is 4. The molecule has 0 aliphatic heterocycles. The number of nitriles is 1. The second-order valence-electron chi connectivity index (χ2n) is 3.34. The zero-order valence-corrected chi connectivity index (χ0v) is 9.99. The summed E-state index contributed by atoms with van der Waals surface area (Å²) in [6, 6.07) is 5.66. The van der Waals surface area contributed by atoms with Crippen molar-refractivity contribution in [2.75, 3.05) is 6.54 Å². The van der Waals surface area contributed by atoms with Crippen molar-refractivity contribution in [1.82, 2.24) is 14.9 Å². The SMILES string of the molecule is Cc1nc(-n2cccc2)sc1C(=O)NCC#N. The molecule has 0 aliphatic carbocycles. The van der Waals surface area contributed by atoms with Crippen molar-refractivity contribution in [3.63, 3.8) is 0 Å². The number of aromatic nitrogens is 2. The molecule has 0 aromatic carbocycles. The Morgan fingerprint density at radius 3 is 2.94 bits per heavy atom. The molecule has 0 unspecified atom stereocenters. The van der Waals surface area contributed by atoms with Gasteiger partial charge in [0.25, 0.3) is 5.91 Å². The predicted octanol–water partition coefficient (Wildman–Crippen LogP) is 1.50. The van der Waals surface area contributed by atoms with Gasteiger partial charge in [-0.3, -0.25) is 4.79 Å². The number of nitrogens with one attached hydrogen (secondary N) is 1. The minimum absolute atomic E-state index is 0.00895. The summed E-state index contributed by atoms with van der Waals surface area (Å²) in [7, 11) is 0. The van der Waals surface area contributed by atoms with Gasteiger partial charge in [-0.25, -0.2) is 4.98 Å². The number of thiazole rings is 1. The van der Waals surface area contributed by atoms with Gasteiger partial charge in [-0.05, 0) is 19.1 Å². The fraction of sp³-hybridized carbons (Fsp3) is 0.182. The third-order valence-electron chi connectivity index (χ3n) is 2.14. The minimum atomic E-state index is -0.250. The molecule has 2 rings (SSSR count). The Kier molecular flexibility index (Phi) is 3.21. The van der Waals surface area contributed by atoms with Gasteiger partial charge in [-0.2, -0.15) is 5.26 Å². The molecule has 0 aliphatic rings. The molecule has 0 saturated carbocycles. The molecule has 0 saturated heterocycles. The smallest absolute Gasteiger partial charge is 0.264 e. The molecule has 6 heteroatoms. The Morgan fingerprint density at radius 2 is 2.29 bits per heavy atom. The molecule has 1 amide bonds. The third kappa shape index (κ3) is 2.34. The van der Waals surface area contributed by atoms with Crippen LogP contribution in [-0.2, 0) is 0 Å². The molecule has 0 bridgehead atoms. The van der Waals surface area contributed by atoms with E-state index in [1.54, 1.807) is 6.92 Å². The molecule has 2 aromatic heterocycles. The van der Waals surface area contributed by atoms with Crippen LogP contribution in [0.1, 0.15) is 15.4 Å². The summed E-state index contributed by atoms with van der Waals surface area (Å²) < 4.78 is 1.85. The van der Waals surface area contributed by atoms with Gasteiger partial charge in [-0.1, -0.05) is 11.3 Å². The standard InChI is InChI=1S/C11H10N4OS/c1-8-9(10(16)13-5-4-12)17-11(14-8)15-6-2-3-7-15/h2-3,6-7H,5H2,1H3,(H,13,16). The highest BCUT2D eigenvalue weighted by Crippen LogP contribution is 2.21. The molecule has 0 spiro atoms. The lowest BCUT2D eigenvalue weighted by Gasteiger charge is -1.96. The monoisotopic (exact) mass is 246 g/mol. The van der Waals surface area contributed by atoms with Crippen molar-refractivity contribution in [1.29, 1.82) is 5.26 Å². The van der Waals surface area contributed by atoms with Crippen LogP contribution >= 0.6 is 11.3 Å². The number of amides is 1. The van der Waals surface area contributed by atoms with Crippen LogP contribution in [0.2, 0.25) is 0 Å². The van der Waals surface area contributed by atoms with Crippen molar-refractivity contribution in [2.24, 2.45) is 0 Å². The van der Waals surface area contributed by atoms with E-state index in [0.717, 1.165) is 5.13 Å². The second-order valence-corrected chi connectivity index (χ2v) is 4.32. The van der Waals surface area contributed by atoms with E-state index in [9.17, 15) is 4.79 Å². The zero-order valence-electron chi connectivity index (χ0n) is 9.17. The van der Waals surface area contributed by atoms with Crippen LogP contribution in [0, 0.1) is 18.3 Å². The summed E-state index contributed by atoms with van der Waals surface area (Å²) in [6.07, 6.45) is 3.74. The van der Waals surface area contributed by atoms with Gasteiger partial charge in [0.1, 0.15) is 11.4 Å². The molecular weight excluding hydrogens is 236 g/mol. The van der Waals surface area contributed by atoms with E-state index in [2.05, 4.69) is 10.3 Å². The summed E-state index contributed by atoms with van der Waals surface area (Å²) in [5.41, 5.74) is 0.675. The van der Waals surface area contributed by atoms with Crippen molar-refractivity contribution in [3.8, 4) is 11.2 Å². The Labute approximate surface area is 102 Å². The molecule has 0 atom stereocenters. The number of hydrogen-bond donors (Lipinski definition) is 1. The van der Waals surface area contributed by atoms with Crippen LogP contribution in [0.4, 0.5) is 0 Å². The second kappa shape index (κ2) is 4.80. The highest BCUT2D eigenvalue weighted by atomic mass is 32.1. The van der Waals surface area contributed by atoms with Crippen molar-refractivity contribution in [2.45, 2.75) is 6.92 Å². The van der Waals surface area contributed by atoms with Crippen LogP contribution in [0.25, 0.3) is 5.13 Å². The van der Waals surface area contributed by atoms with Gasteiger partial charge in [0.05, 0.1) is 11.8 Å². The maximum absolute atomic E-state index is 11.7. The topological polar surface area (TPSA) is 70.7 Å². The van der Waals surface area contributed by atoms with Gasteiger partial charge < -0.3 is 9.88 Å². The van der Waals surface area contributed by atoms with E-state index in [1.165, 1.54) is 11.3 Å². The average Bonchev–Trinajstić information content (AvgIpc) is 2.94. The third-order valence-corrected chi connectivity index (χ3v) is 3.31. The molecule has 0 fully saturated rings. The Hall–Kier alpha value is -2.13. The Balaban J connectivity index is 2.26. The first-order valence-electron chi connectivity index (χ1n) is 4.98. The summed E-state index contributed by atoms with van der Waals surface area (Å²) in [6.45, 7) is 1.79. The van der Waals surface area contributed by atoms with E-state index < -0.39 is 0 Å². The van der Waals surface area contributed by atoms with E-state index >= 15 is 0 Å². The van der Waals surface area contributed by atoms with Crippen LogP contribution in [-0.4, -0.2) is 22.0 Å². The number of nitrogens with zero attached hydrogens (tertiary/aromatic N) is 3. The Morgan fingerprint density at radius 1 is 1.59 bits per heavy atom. The van der Waals surface area contributed by atoms with Crippen molar-refractivity contribution >= 4 is 17.2 Å². The van der Waals surface area contributed by atoms with E-state index in [4.69, 9.17) is 5.26 Å². The first-order chi connectivity index (χ1) is 8.22. The number of aryl methyl sites for hydroxylation is 1. The molecule has 86 valence electrons. The van der Waals surface area contributed by atoms with Crippen molar-refractivity contribution in [3.05, 3.63) is 35.1 Å². The van der Waals surface area contributed by atoms with Gasteiger partial charge >= 0.3 is 0 Å². The molecule has 5 nitrogen and oxygen atoms in total. The summed E-state index contributed by atoms with van der Waals surface area (Å²) in [5, 5.41) is 11.7. The van der Waals surface area contributed by atoms with Gasteiger partial charge in [0, 0.05) is 12.4 Å². The predicted molar refractivity (Wildman–Crippen MR) is 64.1 cm³/mol. The van der Waals surface area contributed by atoms with Gasteiger partial charge in [0.2, 0.25) is 0 Å². The van der Waals surface area contributed by atoms with Crippen molar-refractivity contribution < 1.29 is 4.79 Å². The lowest BCUT2D eigenvalue weighted by molar-refractivity contribution is 0.0961. The van der Waals surface area contributed by atoms with Crippen LogP contribution in [0.3, 0.4) is 0 Å². The van der Waals surface area contributed by atoms with Crippen LogP contribution in [0.15, 0.2) is 24.5 Å². The summed E-state index contributed by atoms with van der Waals surface area (Å²) in [5.74, 6) is -0.250. The zero-order chi connectivity index (χ0) is 12.3. The quantitative estimate of drug-likeness (QED) is 0.834. The Bertz CT molecular complexity index is 565. The first-order valence-corrected chi connectivity index (χ1v) is 5.80. The molecular formula is C11H10N4OS. The van der Waals surface area contributed by atoms with Gasteiger partial charge in [0.15, 0.2) is 5.13 Å². The lowest BCUT2D eigenvalue weighted by atomic mass is 10.4. The van der Waals surface area contributed by atoms with Gasteiger partial charge in [-0.15, -0.1) is 0 Å². The largest absolute Gasteiger partial charge is 0.338 e. The van der Waals surface area contributed by atoms with E-state index in [0.29, 0.717) is 10.6 Å². The number of carbonyl (C=O) groups is 1. The maximum Gasteiger partial charge on any atom is 0.264 e. The fourth-order valence-electron chi connectivity index (χ4n) is 1.37.